The third-order valence-electron chi connectivity index (χ3n) is 6.30. The number of urea groups is 1. The van der Waals surface area contributed by atoms with E-state index >= 15 is 0 Å². The fourth-order valence-corrected chi connectivity index (χ4v) is 4.58. The Bertz CT molecular complexity index is 1430. The van der Waals surface area contributed by atoms with E-state index in [0.717, 1.165) is 13.0 Å². The highest BCUT2D eigenvalue weighted by Gasteiger charge is 2.15. The van der Waals surface area contributed by atoms with E-state index in [1.807, 2.05) is 6.07 Å². The van der Waals surface area contributed by atoms with Crippen LogP contribution in [0.1, 0.15) is 19.3 Å². The minimum atomic E-state index is -0.431. The van der Waals surface area contributed by atoms with Gasteiger partial charge in [0.15, 0.2) is 11.5 Å². The predicted octanol–water partition coefficient (Wildman–Crippen LogP) is 5.99. The molecular formula is C28H29ClN6O4. The summed E-state index contributed by atoms with van der Waals surface area (Å²) in [5.74, 6) is 1.98. The van der Waals surface area contributed by atoms with Crippen molar-refractivity contribution in [2.45, 2.75) is 19.3 Å². The van der Waals surface area contributed by atoms with Crippen LogP contribution in [0.4, 0.5) is 16.2 Å². The van der Waals surface area contributed by atoms with E-state index in [0.29, 0.717) is 57.0 Å². The maximum atomic E-state index is 12.3. The maximum absolute atomic E-state index is 12.3. The Morgan fingerprint density at radius 3 is 2.62 bits per heavy atom. The number of ether oxygens (including phenoxy) is 3. The van der Waals surface area contributed by atoms with Crippen LogP contribution in [0.2, 0.25) is 5.02 Å². The summed E-state index contributed by atoms with van der Waals surface area (Å²) in [6.45, 7) is 3.96. The fourth-order valence-electron chi connectivity index (χ4n) is 4.36. The summed E-state index contributed by atoms with van der Waals surface area (Å²) in [5, 5.41) is 6.40. The van der Waals surface area contributed by atoms with Gasteiger partial charge in [-0.2, -0.15) is 0 Å². The standard InChI is InChI=1S/C28H29ClN6O4/c1-37-25-16-21-24(17-26(25)38-14-4-13-35-11-2-3-12-35)31-18-32-27(21)39-20-5-6-23(22(29)15-20)34-28(36)33-19-7-9-30-10-8-19/h5-10,15-18H,2-4,11-14H2,1H3,(H2,30,33,34,36). The van der Waals surface area contributed by atoms with Gasteiger partial charge in [0, 0.05) is 36.8 Å². The number of carbonyl (C=O) groups excluding carboxylic acids is 1. The number of amides is 2. The number of nitrogens with zero attached hydrogens (tertiary/aromatic N) is 4. The van der Waals surface area contributed by atoms with E-state index in [2.05, 4.69) is 30.5 Å². The van der Waals surface area contributed by atoms with E-state index in [1.165, 1.54) is 32.3 Å². The summed E-state index contributed by atoms with van der Waals surface area (Å²) in [4.78, 5) is 27.4. The summed E-state index contributed by atoms with van der Waals surface area (Å²) < 4.78 is 17.7. The number of rotatable bonds is 10. The summed E-state index contributed by atoms with van der Waals surface area (Å²) in [6.07, 6.45) is 8.11. The lowest BCUT2D eigenvalue weighted by atomic mass is 10.2. The summed E-state index contributed by atoms with van der Waals surface area (Å²) in [6, 6.07) is 11.5. The average Bonchev–Trinajstić information content (AvgIpc) is 3.46. The Kier molecular flexibility index (Phi) is 8.55. The van der Waals surface area contributed by atoms with Gasteiger partial charge in [-0.15, -0.1) is 0 Å². The number of anilines is 2. The van der Waals surface area contributed by atoms with Crippen molar-refractivity contribution in [1.82, 2.24) is 19.9 Å². The van der Waals surface area contributed by atoms with E-state index in [4.69, 9.17) is 25.8 Å². The lowest BCUT2D eigenvalue weighted by Crippen LogP contribution is -2.21. The summed E-state index contributed by atoms with van der Waals surface area (Å²) in [7, 11) is 1.60. The third kappa shape index (κ3) is 6.84. The molecule has 39 heavy (non-hydrogen) atoms. The molecule has 2 aromatic carbocycles. The Morgan fingerprint density at radius 1 is 1.03 bits per heavy atom. The molecule has 2 aromatic heterocycles. The van der Waals surface area contributed by atoms with Gasteiger partial charge >= 0.3 is 6.03 Å². The summed E-state index contributed by atoms with van der Waals surface area (Å²) >= 11 is 6.43. The molecular weight excluding hydrogens is 520 g/mol. The largest absolute Gasteiger partial charge is 0.493 e. The number of methoxy groups -OCH3 is 1. The number of aromatic nitrogens is 3. The first-order chi connectivity index (χ1) is 19.1. The second-order valence-electron chi connectivity index (χ2n) is 9.01. The van der Waals surface area contributed by atoms with Crippen LogP contribution in [0.5, 0.6) is 23.1 Å². The highest BCUT2D eigenvalue weighted by molar-refractivity contribution is 6.34. The first-order valence-corrected chi connectivity index (χ1v) is 13.1. The van der Waals surface area contributed by atoms with Gasteiger partial charge in [0.2, 0.25) is 5.88 Å². The first kappa shape index (κ1) is 26.5. The molecule has 5 rings (SSSR count). The monoisotopic (exact) mass is 548 g/mol. The molecule has 0 radical (unpaired) electrons. The van der Waals surface area contributed by atoms with Crippen molar-refractivity contribution >= 4 is 39.9 Å². The van der Waals surface area contributed by atoms with E-state index in [9.17, 15) is 4.79 Å². The minimum Gasteiger partial charge on any atom is -0.493 e. The van der Waals surface area contributed by atoms with Crippen molar-refractivity contribution in [1.29, 1.82) is 0 Å². The number of benzene rings is 2. The van der Waals surface area contributed by atoms with Crippen LogP contribution in [-0.4, -0.2) is 59.2 Å². The van der Waals surface area contributed by atoms with Gasteiger partial charge in [0.25, 0.3) is 0 Å². The average molecular weight is 549 g/mol. The number of halogens is 1. The van der Waals surface area contributed by atoms with E-state index in [1.54, 1.807) is 55.9 Å². The van der Waals surface area contributed by atoms with Crippen molar-refractivity contribution in [2.24, 2.45) is 0 Å². The van der Waals surface area contributed by atoms with Gasteiger partial charge in [-0.05, 0) is 62.7 Å². The van der Waals surface area contributed by atoms with Crippen LogP contribution in [0, 0.1) is 0 Å². The van der Waals surface area contributed by atoms with Crippen LogP contribution in [0.3, 0.4) is 0 Å². The zero-order valence-electron chi connectivity index (χ0n) is 21.5. The van der Waals surface area contributed by atoms with Gasteiger partial charge in [-0.25, -0.2) is 14.8 Å². The smallest absolute Gasteiger partial charge is 0.323 e. The fraction of sp³-hybridized carbons (Fsp3) is 0.286. The van der Waals surface area contributed by atoms with Crippen LogP contribution in [0.15, 0.2) is 61.2 Å². The van der Waals surface area contributed by atoms with Crippen molar-refractivity contribution in [3.8, 4) is 23.1 Å². The molecule has 0 bridgehead atoms. The molecule has 2 amide bonds. The van der Waals surface area contributed by atoms with Gasteiger partial charge in [0.05, 0.1) is 35.3 Å². The second kappa shape index (κ2) is 12.6. The van der Waals surface area contributed by atoms with Crippen molar-refractivity contribution in [2.75, 3.05) is 44.0 Å². The molecule has 10 nitrogen and oxygen atoms in total. The Hall–Kier alpha value is -4.15. The van der Waals surface area contributed by atoms with Crippen molar-refractivity contribution < 1.29 is 19.0 Å². The molecule has 0 atom stereocenters. The van der Waals surface area contributed by atoms with E-state index < -0.39 is 6.03 Å². The molecule has 0 saturated carbocycles. The molecule has 3 heterocycles. The van der Waals surface area contributed by atoms with Gasteiger partial charge in [-0.1, -0.05) is 11.6 Å². The third-order valence-corrected chi connectivity index (χ3v) is 6.61. The molecule has 1 saturated heterocycles. The second-order valence-corrected chi connectivity index (χ2v) is 9.42. The van der Waals surface area contributed by atoms with Crippen LogP contribution in [0.25, 0.3) is 10.9 Å². The van der Waals surface area contributed by atoms with Crippen LogP contribution < -0.4 is 24.8 Å². The molecule has 0 unspecified atom stereocenters. The normalized spacial score (nSPS) is 13.3. The molecule has 1 fully saturated rings. The van der Waals surface area contributed by atoms with Crippen LogP contribution in [-0.2, 0) is 0 Å². The topological polar surface area (TPSA) is 111 Å². The summed E-state index contributed by atoms with van der Waals surface area (Å²) in [5.41, 5.74) is 1.70. The highest BCUT2D eigenvalue weighted by atomic mass is 35.5. The molecule has 2 N–H and O–H groups in total. The zero-order valence-corrected chi connectivity index (χ0v) is 22.3. The Balaban J connectivity index is 1.26. The van der Waals surface area contributed by atoms with Gasteiger partial charge < -0.3 is 29.7 Å². The first-order valence-electron chi connectivity index (χ1n) is 12.7. The lowest BCUT2D eigenvalue weighted by molar-refractivity contribution is 0.254. The minimum absolute atomic E-state index is 0.304. The molecule has 1 aliphatic rings. The van der Waals surface area contributed by atoms with Crippen molar-refractivity contribution in [3.63, 3.8) is 0 Å². The SMILES string of the molecule is COc1cc2c(Oc3ccc(NC(=O)Nc4ccncc4)c(Cl)c3)ncnc2cc1OCCCN1CCCC1. The van der Waals surface area contributed by atoms with Gasteiger partial charge in [0.1, 0.15) is 12.1 Å². The number of likely N-dealkylation sites (tertiary alicyclic amines) is 1. The number of carbonyl (C=O) groups is 1. The van der Waals surface area contributed by atoms with Crippen LogP contribution >= 0.6 is 11.6 Å². The lowest BCUT2D eigenvalue weighted by Gasteiger charge is -2.16. The Labute approximate surface area is 231 Å². The molecule has 202 valence electrons. The molecule has 0 aliphatic carbocycles. The number of hydrogen-bond donors (Lipinski definition) is 2. The number of fused-ring (bicyclic) bond motifs is 1. The number of hydrogen-bond acceptors (Lipinski definition) is 8. The van der Waals surface area contributed by atoms with Gasteiger partial charge in [-0.3, -0.25) is 4.98 Å². The zero-order chi connectivity index (χ0) is 27.0. The highest BCUT2D eigenvalue weighted by Crippen LogP contribution is 2.37. The maximum Gasteiger partial charge on any atom is 0.323 e. The van der Waals surface area contributed by atoms with Crippen molar-refractivity contribution in [3.05, 3.63) is 66.2 Å². The van der Waals surface area contributed by atoms with E-state index in [-0.39, 0.29) is 0 Å². The predicted molar refractivity (Wildman–Crippen MR) is 150 cm³/mol. The molecule has 0 spiro atoms. The quantitative estimate of drug-likeness (QED) is 0.233. The molecule has 1 aliphatic heterocycles. The Morgan fingerprint density at radius 2 is 1.85 bits per heavy atom. The number of nitrogens with one attached hydrogen (secondary N) is 2. The number of pyridine rings is 1. The molecule has 4 aromatic rings. The molecule has 11 heteroatoms.